The Morgan fingerprint density at radius 3 is 2.46 bits per heavy atom. The second kappa shape index (κ2) is 9.50. The Hall–Kier alpha value is -3.72. The van der Waals surface area contributed by atoms with Crippen molar-refractivity contribution in [3.63, 3.8) is 0 Å². The number of aromatic nitrogens is 3. The molecule has 1 amide bonds. The molecule has 1 fully saturated rings. The van der Waals surface area contributed by atoms with Gasteiger partial charge in [-0.25, -0.2) is 0 Å². The van der Waals surface area contributed by atoms with Crippen LogP contribution in [-0.2, 0) is 19.4 Å². The normalized spacial score (nSPS) is 18.4. The molecule has 9 heteroatoms. The molecule has 2 aromatic heterocycles. The number of rotatable bonds is 5. The Morgan fingerprint density at radius 1 is 1.00 bits per heavy atom. The van der Waals surface area contributed by atoms with Crippen molar-refractivity contribution in [2.75, 3.05) is 48.8 Å². The summed E-state index contributed by atoms with van der Waals surface area (Å²) in [4.78, 5) is 31.5. The average molecular weight is 473 g/mol. The second-order valence-electron chi connectivity index (χ2n) is 9.61. The standard InChI is InChI=1S/C26H32N8O/c1-17-11-20-5-3-18(12-19-4-6-22(25(27)35)29-15-19)13-21(20)16-34(17)24-14-23(30-26(28)31-24)33-9-7-32(2)8-10-33/h3-6,13-15,17H,7-12,16H2,1-2H3,(H2,27,35)(H2,28,30,31). The van der Waals surface area contributed by atoms with Crippen molar-refractivity contribution in [3.05, 3.63) is 70.5 Å². The summed E-state index contributed by atoms with van der Waals surface area (Å²) in [7, 11) is 2.14. The van der Waals surface area contributed by atoms with E-state index in [1.165, 1.54) is 16.7 Å². The molecule has 1 aromatic carbocycles. The molecule has 2 aliphatic rings. The lowest BCUT2D eigenvalue weighted by Gasteiger charge is -2.37. The van der Waals surface area contributed by atoms with E-state index in [1.807, 2.05) is 6.07 Å². The van der Waals surface area contributed by atoms with E-state index in [1.54, 1.807) is 12.3 Å². The third kappa shape index (κ3) is 5.05. The first kappa shape index (κ1) is 23.0. The lowest BCUT2D eigenvalue weighted by Crippen LogP contribution is -2.45. The number of anilines is 3. The highest BCUT2D eigenvalue weighted by atomic mass is 16.1. The van der Waals surface area contributed by atoms with E-state index in [2.05, 4.69) is 67.9 Å². The lowest BCUT2D eigenvalue weighted by molar-refractivity contribution is 0.0995. The number of pyridine rings is 1. The van der Waals surface area contributed by atoms with Crippen LogP contribution in [0.5, 0.6) is 0 Å². The van der Waals surface area contributed by atoms with Crippen molar-refractivity contribution in [3.8, 4) is 0 Å². The molecule has 1 atom stereocenters. The first-order valence-electron chi connectivity index (χ1n) is 12.1. The number of nitrogen functional groups attached to an aromatic ring is 1. The highest BCUT2D eigenvalue weighted by Gasteiger charge is 2.26. The molecular weight excluding hydrogens is 440 g/mol. The predicted octanol–water partition coefficient (Wildman–Crippen LogP) is 1.85. The molecule has 4 heterocycles. The van der Waals surface area contributed by atoms with Gasteiger partial charge in [0.15, 0.2) is 0 Å². The first-order valence-corrected chi connectivity index (χ1v) is 12.1. The van der Waals surface area contributed by atoms with Gasteiger partial charge in [-0.15, -0.1) is 0 Å². The van der Waals surface area contributed by atoms with Crippen molar-refractivity contribution < 1.29 is 4.79 Å². The van der Waals surface area contributed by atoms with Gasteiger partial charge < -0.3 is 26.2 Å². The van der Waals surface area contributed by atoms with Crippen molar-refractivity contribution >= 4 is 23.5 Å². The monoisotopic (exact) mass is 472 g/mol. The van der Waals surface area contributed by atoms with Gasteiger partial charge in [0.05, 0.1) is 0 Å². The Labute approximate surface area is 205 Å². The van der Waals surface area contributed by atoms with Crippen LogP contribution in [0.3, 0.4) is 0 Å². The van der Waals surface area contributed by atoms with E-state index in [0.29, 0.717) is 12.0 Å². The lowest BCUT2D eigenvalue weighted by atomic mass is 9.92. The molecule has 0 spiro atoms. The molecule has 2 aliphatic heterocycles. The highest BCUT2D eigenvalue weighted by molar-refractivity contribution is 5.90. The molecule has 5 rings (SSSR count). The number of nitrogens with zero attached hydrogens (tertiary/aromatic N) is 6. The fourth-order valence-corrected chi connectivity index (χ4v) is 4.91. The summed E-state index contributed by atoms with van der Waals surface area (Å²) in [6, 6.07) is 12.6. The fraction of sp³-hybridized carbons (Fsp3) is 0.385. The predicted molar refractivity (Wildman–Crippen MR) is 138 cm³/mol. The molecule has 182 valence electrons. The number of hydrogen-bond donors (Lipinski definition) is 2. The smallest absolute Gasteiger partial charge is 0.267 e. The van der Waals surface area contributed by atoms with Crippen molar-refractivity contribution in [1.82, 2.24) is 19.9 Å². The average Bonchev–Trinajstić information content (AvgIpc) is 2.84. The van der Waals surface area contributed by atoms with Gasteiger partial charge in [-0.2, -0.15) is 9.97 Å². The zero-order valence-electron chi connectivity index (χ0n) is 20.3. The number of hydrogen-bond acceptors (Lipinski definition) is 8. The van der Waals surface area contributed by atoms with Gasteiger partial charge in [0.1, 0.15) is 17.3 Å². The van der Waals surface area contributed by atoms with E-state index in [9.17, 15) is 4.79 Å². The maximum absolute atomic E-state index is 11.3. The number of nitrogens with two attached hydrogens (primary N) is 2. The maximum Gasteiger partial charge on any atom is 0.267 e. The van der Waals surface area contributed by atoms with Crippen LogP contribution in [0.15, 0.2) is 42.6 Å². The topological polar surface area (TPSA) is 118 Å². The van der Waals surface area contributed by atoms with Crippen LogP contribution in [0.1, 0.15) is 39.7 Å². The molecule has 3 aromatic rings. The number of amides is 1. The van der Waals surface area contributed by atoms with Crippen LogP contribution in [0.2, 0.25) is 0 Å². The molecule has 35 heavy (non-hydrogen) atoms. The van der Waals surface area contributed by atoms with Gasteiger partial charge in [0.25, 0.3) is 5.91 Å². The molecule has 0 bridgehead atoms. The second-order valence-corrected chi connectivity index (χ2v) is 9.61. The minimum Gasteiger partial charge on any atom is -0.368 e. The molecule has 4 N–H and O–H groups in total. The molecule has 0 saturated carbocycles. The Balaban J connectivity index is 1.36. The summed E-state index contributed by atoms with van der Waals surface area (Å²) in [5.41, 5.74) is 16.6. The van der Waals surface area contributed by atoms with E-state index >= 15 is 0 Å². The van der Waals surface area contributed by atoms with Crippen LogP contribution in [0.4, 0.5) is 17.6 Å². The van der Waals surface area contributed by atoms with Gasteiger partial charge in [-0.1, -0.05) is 24.3 Å². The minimum atomic E-state index is -0.513. The van der Waals surface area contributed by atoms with Crippen LogP contribution < -0.4 is 21.3 Å². The maximum atomic E-state index is 11.3. The van der Waals surface area contributed by atoms with E-state index in [0.717, 1.165) is 62.8 Å². The van der Waals surface area contributed by atoms with Crippen molar-refractivity contribution in [2.45, 2.75) is 32.4 Å². The number of carbonyl (C=O) groups excluding carboxylic acids is 1. The molecular formula is C26H32N8O. The SMILES string of the molecule is CC1Cc2ccc(Cc3ccc(C(N)=O)nc3)cc2CN1c1cc(N2CCN(C)CC2)nc(N)n1. The Kier molecular flexibility index (Phi) is 6.25. The number of primary amides is 1. The zero-order chi connectivity index (χ0) is 24.5. The van der Waals surface area contributed by atoms with E-state index in [4.69, 9.17) is 11.5 Å². The summed E-state index contributed by atoms with van der Waals surface area (Å²) >= 11 is 0. The molecule has 0 radical (unpaired) electrons. The molecule has 9 nitrogen and oxygen atoms in total. The van der Waals surface area contributed by atoms with Crippen LogP contribution >= 0.6 is 0 Å². The summed E-state index contributed by atoms with van der Waals surface area (Å²) in [6.45, 7) is 6.89. The Morgan fingerprint density at radius 2 is 1.74 bits per heavy atom. The summed E-state index contributed by atoms with van der Waals surface area (Å²) in [6.07, 6.45) is 3.40. The number of fused-ring (bicyclic) bond motifs is 1. The molecule has 1 unspecified atom stereocenters. The molecule has 0 aliphatic carbocycles. The van der Waals surface area contributed by atoms with Crippen molar-refractivity contribution in [1.29, 1.82) is 0 Å². The largest absolute Gasteiger partial charge is 0.368 e. The van der Waals surface area contributed by atoms with E-state index in [-0.39, 0.29) is 5.69 Å². The van der Waals surface area contributed by atoms with Gasteiger partial charge in [-0.3, -0.25) is 9.78 Å². The number of likely N-dealkylation sites (N-methyl/N-ethyl adjacent to an activating group) is 1. The number of piperazine rings is 1. The first-order chi connectivity index (χ1) is 16.9. The number of carbonyl (C=O) groups is 1. The summed E-state index contributed by atoms with van der Waals surface area (Å²) in [5.74, 6) is 1.58. The van der Waals surface area contributed by atoms with E-state index < -0.39 is 5.91 Å². The third-order valence-corrected chi connectivity index (χ3v) is 6.98. The summed E-state index contributed by atoms with van der Waals surface area (Å²) in [5, 5.41) is 0. The quantitative estimate of drug-likeness (QED) is 0.578. The van der Waals surface area contributed by atoms with Crippen LogP contribution in [0.25, 0.3) is 0 Å². The number of benzene rings is 1. The van der Waals surface area contributed by atoms with Crippen LogP contribution in [-0.4, -0.2) is 65.0 Å². The van der Waals surface area contributed by atoms with Gasteiger partial charge in [-0.05, 0) is 55.1 Å². The highest BCUT2D eigenvalue weighted by Crippen LogP contribution is 2.31. The third-order valence-electron chi connectivity index (χ3n) is 6.98. The van der Waals surface area contributed by atoms with Crippen LogP contribution in [0, 0.1) is 0 Å². The van der Waals surface area contributed by atoms with Gasteiger partial charge in [0, 0.05) is 51.0 Å². The Bertz CT molecular complexity index is 1220. The zero-order valence-corrected chi connectivity index (χ0v) is 20.3. The van der Waals surface area contributed by atoms with Gasteiger partial charge in [0.2, 0.25) is 5.95 Å². The minimum absolute atomic E-state index is 0.281. The fourth-order valence-electron chi connectivity index (χ4n) is 4.91. The van der Waals surface area contributed by atoms with Gasteiger partial charge >= 0.3 is 0 Å². The molecule has 1 saturated heterocycles. The van der Waals surface area contributed by atoms with Crippen molar-refractivity contribution in [2.24, 2.45) is 5.73 Å². The summed E-state index contributed by atoms with van der Waals surface area (Å²) < 4.78 is 0.